The minimum atomic E-state index is -0.476. The van der Waals surface area contributed by atoms with Crippen LogP contribution in [-0.4, -0.2) is 35.8 Å². The molecule has 1 atom stereocenters. The molecule has 102 valence electrons. The Bertz CT molecular complexity index is 484. The van der Waals surface area contributed by atoms with Gasteiger partial charge in [-0.05, 0) is 37.6 Å². The molecule has 1 unspecified atom stereocenters. The van der Waals surface area contributed by atoms with E-state index in [0.717, 1.165) is 25.5 Å². The third-order valence-electron chi connectivity index (χ3n) is 3.27. The van der Waals surface area contributed by atoms with E-state index in [9.17, 15) is 14.0 Å². The molecule has 1 saturated heterocycles. The highest BCUT2D eigenvalue weighted by Crippen LogP contribution is 2.15. The molecule has 1 aliphatic heterocycles. The molecule has 1 fully saturated rings. The number of halogens is 1. The van der Waals surface area contributed by atoms with Crippen molar-refractivity contribution < 1.29 is 14.0 Å². The molecule has 1 aromatic carbocycles. The summed E-state index contributed by atoms with van der Waals surface area (Å²) in [5.41, 5.74) is 0.209. The second-order valence-electron chi connectivity index (χ2n) is 4.70. The SMILES string of the molecule is CC(=O)N(C(=O)c1cccc(F)c1)C1CCCNC1. The van der Waals surface area contributed by atoms with Crippen LogP contribution < -0.4 is 5.32 Å². The lowest BCUT2D eigenvalue weighted by atomic mass is 10.0. The van der Waals surface area contributed by atoms with Crippen LogP contribution in [0.1, 0.15) is 30.1 Å². The first-order valence-corrected chi connectivity index (χ1v) is 6.40. The fourth-order valence-corrected chi connectivity index (χ4v) is 2.38. The molecule has 2 amide bonds. The Morgan fingerprint density at radius 1 is 1.42 bits per heavy atom. The number of hydrogen-bond donors (Lipinski definition) is 1. The van der Waals surface area contributed by atoms with E-state index in [-0.39, 0.29) is 17.5 Å². The second kappa shape index (κ2) is 5.93. The van der Waals surface area contributed by atoms with Crippen molar-refractivity contribution >= 4 is 11.8 Å². The van der Waals surface area contributed by atoms with Crippen LogP contribution in [0.4, 0.5) is 4.39 Å². The van der Waals surface area contributed by atoms with E-state index >= 15 is 0 Å². The Kier molecular flexibility index (Phi) is 4.27. The van der Waals surface area contributed by atoms with E-state index < -0.39 is 11.7 Å². The van der Waals surface area contributed by atoms with Gasteiger partial charge in [0.05, 0.1) is 6.04 Å². The minimum Gasteiger partial charge on any atom is -0.315 e. The summed E-state index contributed by atoms with van der Waals surface area (Å²) < 4.78 is 13.2. The summed E-state index contributed by atoms with van der Waals surface area (Å²) in [7, 11) is 0. The van der Waals surface area contributed by atoms with Crippen LogP contribution in [-0.2, 0) is 4.79 Å². The molecule has 1 aliphatic rings. The lowest BCUT2D eigenvalue weighted by Gasteiger charge is -2.32. The maximum Gasteiger partial charge on any atom is 0.260 e. The van der Waals surface area contributed by atoms with Gasteiger partial charge in [0.1, 0.15) is 5.82 Å². The van der Waals surface area contributed by atoms with Gasteiger partial charge in [-0.2, -0.15) is 0 Å². The number of imide groups is 1. The van der Waals surface area contributed by atoms with Gasteiger partial charge in [-0.15, -0.1) is 0 Å². The maximum atomic E-state index is 13.2. The predicted octanol–water partition coefficient (Wildman–Crippen LogP) is 1.57. The third kappa shape index (κ3) is 3.17. The van der Waals surface area contributed by atoms with Crippen molar-refractivity contribution in [2.75, 3.05) is 13.1 Å². The summed E-state index contributed by atoms with van der Waals surface area (Å²) in [6.45, 7) is 2.86. The standard InChI is InChI=1S/C14H17FN2O2/c1-10(18)17(13-6-3-7-16-9-13)14(19)11-4-2-5-12(15)8-11/h2,4-5,8,13,16H,3,6-7,9H2,1H3. The predicted molar refractivity (Wildman–Crippen MR) is 69.1 cm³/mol. The Hall–Kier alpha value is -1.75. The van der Waals surface area contributed by atoms with E-state index in [1.807, 2.05) is 0 Å². The van der Waals surface area contributed by atoms with Crippen molar-refractivity contribution in [3.8, 4) is 0 Å². The molecule has 4 nitrogen and oxygen atoms in total. The molecule has 0 aliphatic carbocycles. The van der Waals surface area contributed by atoms with Crippen LogP contribution in [0.5, 0.6) is 0 Å². The van der Waals surface area contributed by atoms with E-state index in [4.69, 9.17) is 0 Å². The van der Waals surface area contributed by atoms with Crippen LogP contribution in [0, 0.1) is 5.82 Å². The van der Waals surface area contributed by atoms with Gasteiger partial charge in [0.15, 0.2) is 0 Å². The number of piperidine rings is 1. The van der Waals surface area contributed by atoms with Crippen molar-refractivity contribution in [1.29, 1.82) is 0 Å². The van der Waals surface area contributed by atoms with Gasteiger partial charge in [0.2, 0.25) is 5.91 Å². The molecular weight excluding hydrogens is 247 g/mol. The molecule has 0 saturated carbocycles. The molecule has 19 heavy (non-hydrogen) atoms. The quantitative estimate of drug-likeness (QED) is 0.882. The highest BCUT2D eigenvalue weighted by molar-refractivity contribution is 6.04. The number of benzene rings is 1. The molecule has 1 N–H and O–H groups in total. The molecule has 0 spiro atoms. The van der Waals surface area contributed by atoms with Gasteiger partial charge < -0.3 is 5.32 Å². The number of hydrogen-bond acceptors (Lipinski definition) is 3. The molecule has 5 heteroatoms. The average molecular weight is 264 g/mol. The number of carbonyl (C=O) groups is 2. The molecule has 0 bridgehead atoms. The molecule has 1 heterocycles. The van der Waals surface area contributed by atoms with Crippen molar-refractivity contribution in [1.82, 2.24) is 10.2 Å². The smallest absolute Gasteiger partial charge is 0.260 e. The lowest BCUT2D eigenvalue weighted by Crippen LogP contribution is -2.50. The summed E-state index contributed by atoms with van der Waals surface area (Å²) >= 11 is 0. The van der Waals surface area contributed by atoms with Crippen molar-refractivity contribution in [3.63, 3.8) is 0 Å². The van der Waals surface area contributed by atoms with E-state index in [1.165, 1.54) is 30.0 Å². The maximum absolute atomic E-state index is 13.2. The fourth-order valence-electron chi connectivity index (χ4n) is 2.38. The van der Waals surface area contributed by atoms with Crippen molar-refractivity contribution in [3.05, 3.63) is 35.6 Å². The lowest BCUT2D eigenvalue weighted by molar-refractivity contribution is -0.128. The Balaban J connectivity index is 2.23. The minimum absolute atomic E-state index is 0.151. The molecule has 2 rings (SSSR count). The van der Waals surface area contributed by atoms with Crippen LogP contribution in [0.3, 0.4) is 0 Å². The van der Waals surface area contributed by atoms with E-state index in [0.29, 0.717) is 6.54 Å². The number of nitrogens with zero attached hydrogens (tertiary/aromatic N) is 1. The highest BCUT2D eigenvalue weighted by atomic mass is 19.1. The van der Waals surface area contributed by atoms with Crippen LogP contribution >= 0.6 is 0 Å². The first-order chi connectivity index (χ1) is 9.09. The monoisotopic (exact) mass is 264 g/mol. The molecule has 0 aromatic heterocycles. The normalized spacial score (nSPS) is 18.9. The van der Waals surface area contributed by atoms with Gasteiger partial charge in [-0.3, -0.25) is 14.5 Å². The summed E-state index contributed by atoms with van der Waals surface area (Å²) in [5.74, 6) is -1.21. The van der Waals surface area contributed by atoms with Gasteiger partial charge in [0, 0.05) is 19.0 Å². The number of carbonyl (C=O) groups excluding carboxylic acids is 2. The topological polar surface area (TPSA) is 49.4 Å². The Labute approximate surface area is 111 Å². The largest absolute Gasteiger partial charge is 0.315 e. The zero-order valence-electron chi connectivity index (χ0n) is 10.9. The Morgan fingerprint density at radius 2 is 2.21 bits per heavy atom. The van der Waals surface area contributed by atoms with Gasteiger partial charge in [-0.25, -0.2) is 4.39 Å². The van der Waals surface area contributed by atoms with Crippen LogP contribution in [0.25, 0.3) is 0 Å². The fraction of sp³-hybridized carbons (Fsp3) is 0.429. The van der Waals surface area contributed by atoms with E-state index in [1.54, 1.807) is 0 Å². The molecular formula is C14H17FN2O2. The van der Waals surface area contributed by atoms with E-state index in [2.05, 4.69) is 5.32 Å². The summed E-state index contributed by atoms with van der Waals surface area (Å²) in [4.78, 5) is 25.3. The average Bonchev–Trinajstić information content (AvgIpc) is 2.39. The summed E-state index contributed by atoms with van der Waals surface area (Å²) in [6, 6.07) is 5.28. The molecule has 1 aromatic rings. The van der Waals surface area contributed by atoms with Crippen molar-refractivity contribution in [2.45, 2.75) is 25.8 Å². The number of rotatable bonds is 2. The summed E-state index contributed by atoms with van der Waals surface area (Å²) in [5, 5.41) is 3.17. The van der Waals surface area contributed by atoms with Crippen LogP contribution in [0.15, 0.2) is 24.3 Å². The zero-order valence-corrected chi connectivity index (χ0v) is 10.9. The first kappa shape index (κ1) is 13.7. The zero-order chi connectivity index (χ0) is 13.8. The van der Waals surface area contributed by atoms with Crippen molar-refractivity contribution in [2.24, 2.45) is 0 Å². The van der Waals surface area contributed by atoms with Gasteiger partial charge in [0.25, 0.3) is 5.91 Å². The van der Waals surface area contributed by atoms with Crippen LogP contribution in [0.2, 0.25) is 0 Å². The van der Waals surface area contributed by atoms with Gasteiger partial charge >= 0.3 is 0 Å². The Morgan fingerprint density at radius 3 is 2.79 bits per heavy atom. The highest BCUT2D eigenvalue weighted by Gasteiger charge is 2.29. The third-order valence-corrected chi connectivity index (χ3v) is 3.27. The number of amides is 2. The summed E-state index contributed by atoms with van der Waals surface area (Å²) in [6.07, 6.45) is 1.71. The molecule has 0 radical (unpaired) electrons. The first-order valence-electron chi connectivity index (χ1n) is 6.40. The number of nitrogens with one attached hydrogen (secondary N) is 1. The second-order valence-corrected chi connectivity index (χ2v) is 4.70. The van der Waals surface area contributed by atoms with Gasteiger partial charge in [-0.1, -0.05) is 6.07 Å².